The highest BCUT2D eigenvalue weighted by atomic mass is 32.2. The van der Waals surface area contributed by atoms with E-state index in [9.17, 15) is 8.42 Å². The molecule has 0 amide bonds. The molecular weight excluding hydrogens is 330 g/mol. The van der Waals surface area contributed by atoms with Crippen molar-refractivity contribution in [2.75, 3.05) is 45.1 Å². The molecule has 24 heavy (non-hydrogen) atoms. The molecule has 1 aromatic rings. The molecule has 0 bridgehead atoms. The molecule has 0 saturated carbocycles. The van der Waals surface area contributed by atoms with Crippen molar-refractivity contribution in [3.05, 3.63) is 18.1 Å². The molecule has 3 heterocycles. The van der Waals surface area contributed by atoms with Crippen molar-refractivity contribution in [2.45, 2.75) is 25.7 Å². The molecule has 0 aromatic carbocycles. The number of morpholine rings is 1. The topological polar surface area (TPSA) is 102 Å². The molecule has 0 unspecified atom stereocenters. The molecule has 0 spiro atoms. The summed E-state index contributed by atoms with van der Waals surface area (Å²) in [6, 6.07) is 0. The van der Waals surface area contributed by atoms with Crippen LogP contribution in [0.1, 0.15) is 25.0 Å². The van der Waals surface area contributed by atoms with E-state index in [4.69, 9.17) is 10.5 Å². The second-order valence-corrected chi connectivity index (χ2v) is 8.28. The van der Waals surface area contributed by atoms with E-state index in [0.717, 1.165) is 31.4 Å². The number of hydrogen-bond donors (Lipinski definition) is 1. The van der Waals surface area contributed by atoms with Gasteiger partial charge in [0, 0.05) is 26.2 Å². The quantitative estimate of drug-likeness (QED) is 0.832. The van der Waals surface area contributed by atoms with Gasteiger partial charge < -0.3 is 10.5 Å². The lowest BCUT2D eigenvalue weighted by Crippen LogP contribution is -2.48. The van der Waals surface area contributed by atoms with E-state index in [-0.39, 0.29) is 0 Å². The zero-order chi connectivity index (χ0) is 17.0. The fourth-order valence-electron chi connectivity index (χ4n) is 3.28. The Bertz CT molecular complexity index is 631. The van der Waals surface area contributed by atoms with Gasteiger partial charge in [0.2, 0.25) is 0 Å². The summed E-state index contributed by atoms with van der Waals surface area (Å²) in [4.78, 5) is 8.38. The summed E-state index contributed by atoms with van der Waals surface area (Å²) in [5.41, 5.74) is 6.48. The number of ether oxygens (including phenoxy) is 1. The number of nitrogen functional groups attached to an aromatic ring is 1. The van der Waals surface area contributed by atoms with E-state index in [1.54, 1.807) is 21.0 Å². The number of aromatic nitrogens is 2. The van der Waals surface area contributed by atoms with E-state index in [2.05, 4.69) is 9.97 Å². The summed E-state index contributed by atoms with van der Waals surface area (Å²) in [6.45, 7) is 3.00. The normalized spacial score (nSPS) is 24.6. The fourth-order valence-corrected chi connectivity index (χ4v) is 4.91. The Balaban J connectivity index is 1.59. The second kappa shape index (κ2) is 7.73. The molecule has 2 fully saturated rings. The average molecular weight is 355 g/mol. The SMILES string of the molecule is Nc1cnc(C[C@@H]2CCCN(S(=O)(=O)N3CCOCC3)CC2)cn1. The summed E-state index contributed by atoms with van der Waals surface area (Å²) in [7, 11) is -3.37. The molecular formula is C15H25N5O3S. The Labute approximate surface area is 143 Å². The second-order valence-electron chi connectivity index (χ2n) is 6.35. The number of nitrogens with two attached hydrogens (primary N) is 1. The lowest BCUT2D eigenvalue weighted by Gasteiger charge is -2.31. The number of rotatable bonds is 4. The van der Waals surface area contributed by atoms with Gasteiger partial charge in [-0.1, -0.05) is 0 Å². The van der Waals surface area contributed by atoms with E-state index < -0.39 is 10.2 Å². The van der Waals surface area contributed by atoms with Crippen LogP contribution >= 0.6 is 0 Å². The largest absolute Gasteiger partial charge is 0.382 e. The summed E-state index contributed by atoms with van der Waals surface area (Å²) >= 11 is 0. The third-order valence-electron chi connectivity index (χ3n) is 4.65. The summed E-state index contributed by atoms with van der Waals surface area (Å²) in [5.74, 6) is 0.843. The smallest absolute Gasteiger partial charge is 0.282 e. The van der Waals surface area contributed by atoms with Gasteiger partial charge in [0.25, 0.3) is 10.2 Å². The maximum absolute atomic E-state index is 12.8. The van der Waals surface area contributed by atoms with Gasteiger partial charge in [-0.05, 0) is 31.6 Å². The Morgan fingerprint density at radius 1 is 1.08 bits per heavy atom. The summed E-state index contributed by atoms with van der Waals surface area (Å²) in [5, 5.41) is 0. The van der Waals surface area contributed by atoms with Crippen molar-refractivity contribution in [1.29, 1.82) is 0 Å². The number of hydrogen-bond acceptors (Lipinski definition) is 6. The highest BCUT2D eigenvalue weighted by Gasteiger charge is 2.32. The van der Waals surface area contributed by atoms with Gasteiger partial charge in [-0.2, -0.15) is 17.0 Å². The van der Waals surface area contributed by atoms with Crippen LogP contribution in [0.3, 0.4) is 0 Å². The van der Waals surface area contributed by atoms with Crippen LogP contribution in [0.15, 0.2) is 12.4 Å². The summed E-state index contributed by atoms with van der Waals surface area (Å²) < 4.78 is 33.9. The zero-order valence-electron chi connectivity index (χ0n) is 13.8. The van der Waals surface area contributed by atoms with Gasteiger partial charge in [-0.3, -0.25) is 4.98 Å². The molecule has 0 radical (unpaired) electrons. The van der Waals surface area contributed by atoms with Gasteiger partial charge in [-0.15, -0.1) is 0 Å². The highest BCUT2D eigenvalue weighted by Crippen LogP contribution is 2.24. The summed E-state index contributed by atoms with van der Waals surface area (Å²) in [6.07, 6.45) is 6.82. The molecule has 9 heteroatoms. The zero-order valence-corrected chi connectivity index (χ0v) is 14.6. The van der Waals surface area contributed by atoms with Crippen LogP contribution in [-0.2, 0) is 21.4 Å². The molecule has 8 nitrogen and oxygen atoms in total. The van der Waals surface area contributed by atoms with Gasteiger partial charge in [0.1, 0.15) is 5.82 Å². The first-order valence-electron chi connectivity index (χ1n) is 8.45. The van der Waals surface area contributed by atoms with Gasteiger partial charge in [0.05, 0.1) is 31.3 Å². The van der Waals surface area contributed by atoms with Crippen LogP contribution < -0.4 is 5.73 Å². The minimum Gasteiger partial charge on any atom is -0.382 e. The van der Waals surface area contributed by atoms with Crippen molar-refractivity contribution in [3.8, 4) is 0 Å². The number of nitrogens with zero attached hydrogens (tertiary/aromatic N) is 4. The molecule has 2 aliphatic rings. The van der Waals surface area contributed by atoms with Gasteiger partial charge in [-0.25, -0.2) is 4.98 Å². The molecule has 1 atom stereocenters. The Morgan fingerprint density at radius 2 is 1.83 bits per heavy atom. The molecule has 2 N–H and O–H groups in total. The molecule has 134 valence electrons. The van der Waals surface area contributed by atoms with Crippen molar-refractivity contribution in [3.63, 3.8) is 0 Å². The van der Waals surface area contributed by atoms with E-state index >= 15 is 0 Å². The predicted molar refractivity (Wildman–Crippen MR) is 90.4 cm³/mol. The van der Waals surface area contributed by atoms with Crippen molar-refractivity contribution >= 4 is 16.0 Å². The third kappa shape index (κ3) is 4.21. The van der Waals surface area contributed by atoms with Crippen molar-refractivity contribution in [2.24, 2.45) is 5.92 Å². The Morgan fingerprint density at radius 3 is 2.54 bits per heavy atom. The van der Waals surface area contributed by atoms with E-state index in [1.165, 1.54) is 0 Å². The Kier molecular flexibility index (Phi) is 5.65. The minimum absolute atomic E-state index is 0.419. The Hall–Kier alpha value is -1.29. The van der Waals surface area contributed by atoms with Crippen LogP contribution in [-0.4, -0.2) is 66.4 Å². The van der Waals surface area contributed by atoms with E-state index in [1.807, 2.05) is 0 Å². The van der Waals surface area contributed by atoms with E-state index in [0.29, 0.717) is 51.1 Å². The lowest BCUT2D eigenvalue weighted by atomic mass is 9.95. The first-order valence-corrected chi connectivity index (χ1v) is 9.85. The standard InChI is InChI=1S/C15H25N5O3S/c16-15-12-17-14(11-18-15)10-13-2-1-4-19(5-3-13)24(21,22)20-6-8-23-9-7-20/h11-13H,1-10H2,(H2,16,18)/t13-/m1/s1. The molecule has 2 aliphatic heterocycles. The van der Waals surface area contributed by atoms with Crippen LogP contribution in [0.25, 0.3) is 0 Å². The monoisotopic (exact) mass is 355 g/mol. The van der Waals surface area contributed by atoms with Gasteiger partial charge in [0.15, 0.2) is 0 Å². The maximum Gasteiger partial charge on any atom is 0.282 e. The fraction of sp³-hybridized carbons (Fsp3) is 0.733. The molecule has 0 aliphatic carbocycles. The first kappa shape index (κ1) is 17.5. The van der Waals surface area contributed by atoms with Crippen molar-refractivity contribution in [1.82, 2.24) is 18.6 Å². The van der Waals surface area contributed by atoms with Crippen LogP contribution in [0.2, 0.25) is 0 Å². The van der Waals surface area contributed by atoms with Crippen LogP contribution in [0.4, 0.5) is 5.82 Å². The first-order chi connectivity index (χ1) is 11.6. The lowest BCUT2D eigenvalue weighted by molar-refractivity contribution is 0.0702. The third-order valence-corrected chi connectivity index (χ3v) is 6.69. The molecule has 1 aromatic heterocycles. The molecule has 3 rings (SSSR count). The predicted octanol–water partition coefficient (Wildman–Crippen LogP) is 0.280. The molecule has 2 saturated heterocycles. The number of anilines is 1. The maximum atomic E-state index is 12.8. The minimum atomic E-state index is -3.37. The highest BCUT2D eigenvalue weighted by molar-refractivity contribution is 7.86. The van der Waals surface area contributed by atoms with Crippen LogP contribution in [0.5, 0.6) is 0 Å². The van der Waals surface area contributed by atoms with Crippen LogP contribution in [0, 0.1) is 5.92 Å². The average Bonchev–Trinajstić information content (AvgIpc) is 2.84. The van der Waals surface area contributed by atoms with Gasteiger partial charge >= 0.3 is 0 Å². The van der Waals surface area contributed by atoms with Crippen molar-refractivity contribution < 1.29 is 13.2 Å².